The highest BCUT2D eigenvalue weighted by atomic mass is 16.5. The zero-order valence-corrected chi connectivity index (χ0v) is 22.2. The van der Waals surface area contributed by atoms with E-state index in [-0.39, 0.29) is 17.4 Å². The van der Waals surface area contributed by atoms with E-state index in [0.29, 0.717) is 42.6 Å². The monoisotopic (exact) mass is 494 g/mol. The second-order valence-corrected chi connectivity index (χ2v) is 10.1. The molecule has 0 radical (unpaired) electrons. The fourth-order valence-electron chi connectivity index (χ4n) is 4.17. The van der Waals surface area contributed by atoms with Crippen molar-refractivity contribution in [3.8, 4) is 11.5 Å². The Hall–Kier alpha value is -3.32. The standard InChI is InChI=1S/C29H38N2O5/c1-19(2)18-35-24-10-7-9-22(17-24)26-25(28(33)29(34)31(26)16-8-15-30(5)6)27(32)21-11-13-23(14-12-21)36-20(3)4/h7,9-14,17,19-20,26,32H,8,15-16,18H2,1-6H3/b27-25-. The number of hydrogen-bond donors (Lipinski definition) is 1. The molecule has 1 unspecified atom stereocenters. The molecule has 1 atom stereocenters. The second kappa shape index (κ2) is 12.1. The first-order valence-electron chi connectivity index (χ1n) is 12.5. The number of aliphatic hydroxyl groups excluding tert-OH is 1. The van der Waals surface area contributed by atoms with Crippen molar-refractivity contribution in [3.63, 3.8) is 0 Å². The normalized spacial score (nSPS) is 17.5. The molecule has 7 nitrogen and oxygen atoms in total. The van der Waals surface area contributed by atoms with Crippen LogP contribution in [0.15, 0.2) is 54.1 Å². The Balaban J connectivity index is 2.04. The van der Waals surface area contributed by atoms with Gasteiger partial charge in [-0.1, -0.05) is 26.0 Å². The summed E-state index contributed by atoms with van der Waals surface area (Å²) in [6.45, 7) is 9.72. The number of carbonyl (C=O) groups excluding carboxylic acids is 2. The molecule has 1 N–H and O–H groups in total. The van der Waals surface area contributed by atoms with Gasteiger partial charge in [-0.25, -0.2) is 0 Å². The Morgan fingerprint density at radius 3 is 2.33 bits per heavy atom. The minimum atomic E-state index is -0.707. The van der Waals surface area contributed by atoms with Crippen molar-refractivity contribution in [1.29, 1.82) is 0 Å². The topological polar surface area (TPSA) is 79.3 Å². The molecule has 1 aliphatic rings. The Bertz CT molecular complexity index is 1090. The van der Waals surface area contributed by atoms with Crippen LogP contribution in [0.4, 0.5) is 0 Å². The second-order valence-electron chi connectivity index (χ2n) is 10.1. The number of amides is 1. The van der Waals surface area contributed by atoms with E-state index in [0.717, 1.165) is 12.1 Å². The minimum Gasteiger partial charge on any atom is -0.507 e. The molecule has 0 aromatic heterocycles. The number of aliphatic hydroxyl groups is 1. The van der Waals surface area contributed by atoms with E-state index in [2.05, 4.69) is 13.8 Å². The van der Waals surface area contributed by atoms with Crippen LogP contribution in [0.3, 0.4) is 0 Å². The predicted octanol–water partition coefficient (Wildman–Crippen LogP) is 4.88. The highest BCUT2D eigenvalue weighted by Crippen LogP contribution is 2.40. The average molecular weight is 495 g/mol. The van der Waals surface area contributed by atoms with Crippen LogP contribution in [0.5, 0.6) is 11.5 Å². The number of Topliss-reactive ketones (excluding diaryl/α,β-unsaturated/α-hetero) is 1. The Labute approximate surface area is 214 Å². The van der Waals surface area contributed by atoms with E-state index in [1.54, 1.807) is 29.2 Å². The van der Waals surface area contributed by atoms with Gasteiger partial charge < -0.3 is 24.4 Å². The van der Waals surface area contributed by atoms with Gasteiger partial charge in [-0.3, -0.25) is 9.59 Å². The largest absolute Gasteiger partial charge is 0.507 e. The summed E-state index contributed by atoms with van der Waals surface area (Å²) in [5.74, 6) is 0.200. The van der Waals surface area contributed by atoms with Crippen LogP contribution in [0, 0.1) is 5.92 Å². The minimum absolute atomic E-state index is 0.0159. The van der Waals surface area contributed by atoms with Gasteiger partial charge in [0, 0.05) is 12.1 Å². The molecule has 2 aromatic rings. The third-order valence-corrected chi connectivity index (χ3v) is 5.80. The number of hydrogen-bond acceptors (Lipinski definition) is 6. The molecule has 1 aliphatic heterocycles. The molecular formula is C29H38N2O5. The zero-order valence-electron chi connectivity index (χ0n) is 22.2. The maximum Gasteiger partial charge on any atom is 0.295 e. The molecule has 7 heteroatoms. The molecule has 0 bridgehead atoms. The first kappa shape index (κ1) is 27.3. The number of likely N-dealkylation sites (tertiary alicyclic amines) is 1. The number of benzene rings is 2. The van der Waals surface area contributed by atoms with Crippen LogP contribution in [-0.2, 0) is 9.59 Å². The van der Waals surface area contributed by atoms with E-state index in [4.69, 9.17) is 9.47 Å². The number of ether oxygens (including phenoxy) is 2. The molecule has 0 spiro atoms. The molecule has 0 saturated carbocycles. The summed E-state index contributed by atoms with van der Waals surface area (Å²) >= 11 is 0. The van der Waals surface area contributed by atoms with E-state index >= 15 is 0 Å². The molecule has 3 rings (SSSR count). The third kappa shape index (κ3) is 6.66. The van der Waals surface area contributed by atoms with E-state index in [9.17, 15) is 14.7 Å². The van der Waals surface area contributed by atoms with Crippen molar-refractivity contribution >= 4 is 17.4 Å². The van der Waals surface area contributed by atoms with Gasteiger partial charge >= 0.3 is 0 Å². The highest BCUT2D eigenvalue weighted by Gasteiger charge is 2.45. The molecule has 1 fully saturated rings. The molecule has 1 heterocycles. The smallest absolute Gasteiger partial charge is 0.295 e. The van der Waals surface area contributed by atoms with Crippen molar-refractivity contribution in [2.45, 2.75) is 46.3 Å². The Morgan fingerprint density at radius 1 is 1.03 bits per heavy atom. The molecule has 1 saturated heterocycles. The van der Waals surface area contributed by atoms with Crippen molar-refractivity contribution in [2.24, 2.45) is 5.92 Å². The number of carbonyl (C=O) groups is 2. The summed E-state index contributed by atoms with van der Waals surface area (Å²) in [5, 5.41) is 11.3. The lowest BCUT2D eigenvalue weighted by atomic mass is 9.95. The lowest BCUT2D eigenvalue weighted by Crippen LogP contribution is -2.32. The maximum absolute atomic E-state index is 13.2. The van der Waals surface area contributed by atoms with E-state index in [1.807, 2.05) is 57.1 Å². The van der Waals surface area contributed by atoms with Crippen LogP contribution in [0.1, 0.15) is 51.3 Å². The summed E-state index contributed by atoms with van der Waals surface area (Å²) in [6.07, 6.45) is 0.712. The average Bonchev–Trinajstić information content (AvgIpc) is 3.07. The van der Waals surface area contributed by atoms with Crippen LogP contribution >= 0.6 is 0 Å². The van der Waals surface area contributed by atoms with Crippen LogP contribution in [-0.4, -0.2) is 66.5 Å². The van der Waals surface area contributed by atoms with Gasteiger partial charge in [0.1, 0.15) is 17.3 Å². The molecule has 2 aromatic carbocycles. The van der Waals surface area contributed by atoms with Gasteiger partial charge in [0.25, 0.3) is 11.7 Å². The fraction of sp³-hybridized carbons (Fsp3) is 0.448. The molecular weight excluding hydrogens is 456 g/mol. The quantitative estimate of drug-likeness (QED) is 0.272. The first-order valence-corrected chi connectivity index (χ1v) is 12.5. The SMILES string of the molecule is CC(C)COc1cccc(C2/C(=C(/O)c3ccc(OC(C)C)cc3)C(=O)C(=O)N2CCCN(C)C)c1. The number of ketones is 1. The van der Waals surface area contributed by atoms with Crippen LogP contribution in [0.2, 0.25) is 0 Å². The zero-order chi connectivity index (χ0) is 26.4. The lowest BCUT2D eigenvalue weighted by molar-refractivity contribution is -0.139. The van der Waals surface area contributed by atoms with Gasteiger partial charge in [-0.2, -0.15) is 0 Å². The summed E-state index contributed by atoms with van der Waals surface area (Å²) in [4.78, 5) is 30.0. The van der Waals surface area contributed by atoms with Gasteiger partial charge in [0.2, 0.25) is 0 Å². The number of nitrogens with zero attached hydrogens (tertiary/aromatic N) is 2. The summed E-state index contributed by atoms with van der Waals surface area (Å²) in [7, 11) is 3.93. The van der Waals surface area contributed by atoms with Crippen molar-refractivity contribution in [1.82, 2.24) is 9.80 Å². The predicted molar refractivity (Wildman–Crippen MR) is 141 cm³/mol. The van der Waals surface area contributed by atoms with Crippen LogP contribution < -0.4 is 9.47 Å². The molecule has 0 aliphatic carbocycles. The van der Waals surface area contributed by atoms with Crippen molar-refractivity contribution < 1.29 is 24.2 Å². The Morgan fingerprint density at radius 2 is 1.72 bits per heavy atom. The van der Waals surface area contributed by atoms with Gasteiger partial charge in [0.05, 0.1) is 24.3 Å². The van der Waals surface area contributed by atoms with Crippen LogP contribution in [0.25, 0.3) is 5.76 Å². The lowest BCUT2D eigenvalue weighted by Gasteiger charge is -2.26. The van der Waals surface area contributed by atoms with Gasteiger partial charge in [-0.15, -0.1) is 0 Å². The van der Waals surface area contributed by atoms with E-state index in [1.165, 1.54) is 0 Å². The summed E-state index contributed by atoms with van der Waals surface area (Å²) in [5.41, 5.74) is 1.26. The maximum atomic E-state index is 13.2. The fourth-order valence-corrected chi connectivity index (χ4v) is 4.17. The van der Waals surface area contributed by atoms with Crippen molar-refractivity contribution in [3.05, 3.63) is 65.2 Å². The first-order chi connectivity index (χ1) is 17.1. The summed E-state index contributed by atoms with van der Waals surface area (Å²) < 4.78 is 11.6. The highest BCUT2D eigenvalue weighted by molar-refractivity contribution is 6.46. The Kier molecular flexibility index (Phi) is 9.15. The molecule has 1 amide bonds. The molecule has 194 valence electrons. The van der Waals surface area contributed by atoms with E-state index < -0.39 is 17.7 Å². The van der Waals surface area contributed by atoms with Gasteiger partial charge in [-0.05, 0) is 88.8 Å². The number of rotatable bonds is 11. The third-order valence-electron chi connectivity index (χ3n) is 5.80. The van der Waals surface area contributed by atoms with Crippen molar-refractivity contribution in [2.75, 3.05) is 33.8 Å². The van der Waals surface area contributed by atoms with Gasteiger partial charge in [0.15, 0.2) is 0 Å². The summed E-state index contributed by atoms with van der Waals surface area (Å²) in [6, 6.07) is 13.6. The molecule has 36 heavy (non-hydrogen) atoms.